The van der Waals surface area contributed by atoms with Gasteiger partial charge in [-0.3, -0.25) is 9.59 Å². The van der Waals surface area contributed by atoms with Crippen molar-refractivity contribution < 1.29 is 14.3 Å². The van der Waals surface area contributed by atoms with Gasteiger partial charge in [-0.05, 0) is 55.7 Å². The van der Waals surface area contributed by atoms with E-state index in [0.29, 0.717) is 22.7 Å². The molecule has 6 nitrogen and oxygen atoms in total. The lowest BCUT2D eigenvalue weighted by Crippen LogP contribution is -2.18. The summed E-state index contributed by atoms with van der Waals surface area (Å²) in [6.07, 6.45) is 0.691. The molecule has 2 aromatic carbocycles. The van der Waals surface area contributed by atoms with E-state index in [9.17, 15) is 9.59 Å². The summed E-state index contributed by atoms with van der Waals surface area (Å²) in [7, 11) is 1.63. The highest BCUT2D eigenvalue weighted by Gasteiger charge is 2.18. The summed E-state index contributed by atoms with van der Waals surface area (Å²) in [5.74, 6) is 0.137. The lowest BCUT2D eigenvalue weighted by molar-refractivity contribution is -0.113. The van der Waals surface area contributed by atoms with Crippen molar-refractivity contribution in [3.8, 4) is 5.75 Å². The Hall–Kier alpha value is -3.32. The summed E-state index contributed by atoms with van der Waals surface area (Å²) >= 11 is 1.21. The van der Waals surface area contributed by atoms with E-state index in [0.717, 1.165) is 33.7 Å². The molecule has 1 heterocycles. The number of aromatic nitrogens is 1. The van der Waals surface area contributed by atoms with Gasteiger partial charge in [-0.15, -0.1) is 0 Å². The van der Waals surface area contributed by atoms with Crippen molar-refractivity contribution in [3.05, 3.63) is 82.0 Å². The summed E-state index contributed by atoms with van der Waals surface area (Å²) < 4.78 is 5.48. The van der Waals surface area contributed by atoms with Crippen molar-refractivity contribution >= 4 is 29.3 Å². The van der Waals surface area contributed by atoms with Crippen LogP contribution in [0.4, 0.5) is 5.69 Å². The minimum Gasteiger partial charge on any atom is -0.496 e. The van der Waals surface area contributed by atoms with Gasteiger partial charge in [0.2, 0.25) is 5.91 Å². The van der Waals surface area contributed by atoms with Crippen molar-refractivity contribution in [2.45, 2.75) is 32.2 Å². The number of benzene rings is 2. The highest BCUT2D eigenvalue weighted by Crippen LogP contribution is 2.28. The first kappa shape index (κ1) is 23.3. The molecule has 0 aliphatic rings. The second-order valence-electron chi connectivity index (χ2n) is 7.52. The number of thioether (sulfide) groups is 1. The SMILES string of the molecule is COc1ccc(NC(=O)CSc2nc(C)c(C)c(C)c2C(N)=O)cc1Cc1ccccc1. The van der Waals surface area contributed by atoms with Crippen LogP contribution in [-0.2, 0) is 11.2 Å². The molecule has 1 aromatic heterocycles. The molecule has 0 saturated carbocycles. The Labute approximate surface area is 192 Å². The zero-order valence-corrected chi connectivity index (χ0v) is 19.5. The predicted octanol–water partition coefficient (Wildman–Crippen LogP) is 4.44. The smallest absolute Gasteiger partial charge is 0.251 e. The second kappa shape index (κ2) is 10.3. The Kier molecular flexibility index (Phi) is 7.53. The number of primary amides is 1. The Morgan fingerprint density at radius 3 is 2.44 bits per heavy atom. The van der Waals surface area contributed by atoms with Gasteiger partial charge in [0.25, 0.3) is 5.91 Å². The maximum Gasteiger partial charge on any atom is 0.251 e. The lowest BCUT2D eigenvalue weighted by Gasteiger charge is -2.14. The first-order valence-electron chi connectivity index (χ1n) is 10.2. The molecular formula is C25H27N3O3S. The summed E-state index contributed by atoms with van der Waals surface area (Å²) in [6, 6.07) is 15.6. The van der Waals surface area contributed by atoms with Crippen molar-refractivity contribution in [1.82, 2.24) is 4.98 Å². The van der Waals surface area contributed by atoms with Crippen molar-refractivity contribution in [1.29, 1.82) is 0 Å². The van der Waals surface area contributed by atoms with Crippen LogP contribution in [0.2, 0.25) is 0 Å². The molecule has 3 aromatic rings. The van der Waals surface area contributed by atoms with Gasteiger partial charge in [-0.2, -0.15) is 0 Å². The van der Waals surface area contributed by atoms with E-state index in [-0.39, 0.29) is 11.7 Å². The van der Waals surface area contributed by atoms with Crippen LogP contribution < -0.4 is 15.8 Å². The van der Waals surface area contributed by atoms with Crippen LogP contribution in [0.3, 0.4) is 0 Å². The number of anilines is 1. The standard InChI is InChI=1S/C25H27N3O3S/c1-15-16(2)23(24(26)30)25(27-17(15)3)32-14-22(29)28-20-10-11-21(31-4)19(13-20)12-18-8-6-5-7-9-18/h5-11,13H,12,14H2,1-4H3,(H2,26,30)(H,28,29). The number of pyridine rings is 1. The maximum absolute atomic E-state index is 12.6. The highest BCUT2D eigenvalue weighted by atomic mass is 32.2. The number of amides is 2. The van der Waals surface area contributed by atoms with Gasteiger partial charge in [0.1, 0.15) is 10.8 Å². The molecule has 0 aliphatic carbocycles. The lowest BCUT2D eigenvalue weighted by atomic mass is 10.0. The molecule has 32 heavy (non-hydrogen) atoms. The zero-order valence-electron chi connectivity index (χ0n) is 18.7. The molecule has 0 aliphatic heterocycles. The Balaban J connectivity index is 1.73. The van der Waals surface area contributed by atoms with Crippen molar-refractivity contribution in [2.75, 3.05) is 18.2 Å². The van der Waals surface area contributed by atoms with Crippen LogP contribution in [-0.4, -0.2) is 29.7 Å². The van der Waals surface area contributed by atoms with Crippen LogP contribution in [0, 0.1) is 20.8 Å². The number of hydrogen-bond acceptors (Lipinski definition) is 5. The minimum absolute atomic E-state index is 0.106. The first-order chi connectivity index (χ1) is 15.3. The fourth-order valence-electron chi connectivity index (χ4n) is 3.45. The molecule has 7 heteroatoms. The number of ether oxygens (including phenoxy) is 1. The van der Waals surface area contributed by atoms with Crippen LogP contribution >= 0.6 is 11.8 Å². The largest absolute Gasteiger partial charge is 0.496 e. The third kappa shape index (κ3) is 5.48. The van der Waals surface area contributed by atoms with Gasteiger partial charge in [0.05, 0.1) is 18.4 Å². The Bertz CT molecular complexity index is 1150. The van der Waals surface area contributed by atoms with Gasteiger partial charge >= 0.3 is 0 Å². The molecule has 3 rings (SSSR count). The fourth-order valence-corrected chi connectivity index (χ4v) is 4.39. The van der Waals surface area contributed by atoms with Crippen molar-refractivity contribution in [3.63, 3.8) is 0 Å². The number of nitrogens with two attached hydrogens (primary N) is 1. The molecular weight excluding hydrogens is 422 g/mol. The number of hydrogen-bond donors (Lipinski definition) is 2. The van der Waals surface area contributed by atoms with E-state index in [1.54, 1.807) is 7.11 Å². The van der Waals surface area contributed by atoms with Crippen LogP contribution in [0.15, 0.2) is 53.6 Å². The summed E-state index contributed by atoms with van der Waals surface area (Å²) in [5, 5.41) is 3.40. The predicted molar refractivity (Wildman–Crippen MR) is 129 cm³/mol. The quantitative estimate of drug-likeness (QED) is 0.496. The minimum atomic E-state index is -0.540. The average molecular weight is 450 g/mol. The molecule has 0 atom stereocenters. The zero-order chi connectivity index (χ0) is 23.3. The summed E-state index contributed by atoms with van der Waals surface area (Å²) in [4.78, 5) is 29.0. The van der Waals surface area contributed by atoms with Crippen molar-refractivity contribution in [2.24, 2.45) is 5.73 Å². The van der Waals surface area contributed by atoms with E-state index < -0.39 is 5.91 Å². The van der Waals surface area contributed by atoms with E-state index in [1.807, 2.05) is 57.2 Å². The molecule has 0 radical (unpaired) electrons. The summed E-state index contributed by atoms with van der Waals surface area (Å²) in [5.41, 5.74) is 11.3. The third-order valence-electron chi connectivity index (χ3n) is 5.35. The molecule has 0 unspecified atom stereocenters. The van der Waals surface area contributed by atoms with Gasteiger partial charge in [-0.1, -0.05) is 42.1 Å². The third-order valence-corrected chi connectivity index (χ3v) is 6.33. The van der Waals surface area contributed by atoms with E-state index in [4.69, 9.17) is 10.5 Å². The van der Waals surface area contributed by atoms with Gasteiger partial charge in [0.15, 0.2) is 0 Å². The Morgan fingerprint density at radius 2 is 1.78 bits per heavy atom. The first-order valence-corrected chi connectivity index (χ1v) is 11.2. The maximum atomic E-state index is 12.6. The number of nitrogens with zero attached hydrogens (tertiary/aromatic N) is 1. The van der Waals surface area contributed by atoms with Crippen LogP contribution in [0.1, 0.15) is 38.3 Å². The van der Waals surface area contributed by atoms with Gasteiger partial charge < -0.3 is 15.8 Å². The number of carbonyl (C=O) groups excluding carboxylic acids is 2. The summed E-state index contributed by atoms with van der Waals surface area (Å²) in [6.45, 7) is 5.63. The number of aryl methyl sites for hydroxylation is 1. The van der Waals surface area contributed by atoms with Crippen LogP contribution in [0.5, 0.6) is 5.75 Å². The fraction of sp³-hybridized carbons (Fsp3) is 0.240. The molecule has 0 bridgehead atoms. The monoisotopic (exact) mass is 449 g/mol. The number of rotatable bonds is 8. The molecule has 166 valence electrons. The number of nitrogens with one attached hydrogen (secondary N) is 1. The van der Waals surface area contributed by atoms with E-state index >= 15 is 0 Å². The van der Waals surface area contributed by atoms with Gasteiger partial charge in [0, 0.05) is 23.4 Å². The number of methoxy groups -OCH3 is 1. The molecule has 2 amide bonds. The molecule has 0 fully saturated rings. The van der Waals surface area contributed by atoms with E-state index in [1.165, 1.54) is 11.8 Å². The van der Waals surface area contributed by atoms with Crippen LogP contribution in [0.25, 0.3) is 0 Å². The normalized spacial score (nSPS) is 10.6. The second-order valence-corrected chi connectivity index (χ2v) is 8.48. The Morgan fingerprint density at radius 1 is 1.06 bits per heavy atom. The molecule has 0 saturated heterocycles. The highest BCUT2D eigenvalue weighted by molar-refractivity contribution is 8.00. The van der Waals surface area contributed by atoms with E-state index in [2.05, 4.69) is 22.4 Å². The molecule has 0 spiro atoms. The average Bonchev–Trinajstić information content (AvgIpc) is 2.76. The molecule has 3 N–H and O–H groups in total. The van der Waals surface area contributed by atoms with Gasteiger partial charge in [-0.25, -0.2) is 4.98 Å². The number of carbonyl (C=O) groups is 2. The topological polar surface area (TPSA) is 94.3 Å².